The van der Waals surface area contributed by atoms with Crippen LogP contribution in [0.4, 0.5) is 0 Å². The fourth-order valence-corrected chi connectivity index (χ4v) is 4.34. The molecule has 1 atom stereocenters. The maximum absolute atomic E-state index is 10.4. The Kier molecular flexibility index (Phi) is 13.6. The van der Waals surface area contributed by atoms with Gasteiger partial charge in [0.1, 0.15) is 17.2 Å². The number of phenols is 2. The highest BCUT2D eigenvalue weighted by Gasteiger charge is 2.22. The Bertz CT molecular complexity index is 1270. The Morgan fingerprint density at radius 1 is 0.881 bits per heavy atom. The second-order valence-corrected chi connectivity index (χ2v) is 12.9. The van der Waals surface area contributed by atoms with Crippen molar-refractivity contribution in [3.63, 3.8) is 0 Å². The third-order valence-corrected chi connectivity index (χ3v) is 8.09. The Labute approximate surface area is 255 Å². The van der Waals surface area contributed by atoms with Crippen LogP contribution in [0.2, 0.25) is 0 Å². The minimum Gasteiger partial charge on any atom is -0.507 e. The van der Waals surface area contributed by atoms with E-state index in [-0.39, 0.29) is 5.41 Å². The summed E-state index contributed by atoms with van der Waals surface area (Å²) in [5.41, 5.74) is 4.93. The number of phenolic OH excluding ortho intramolecular Hbond substituents is 2. The zero-order chi connectivity index (χ0) is 31.3. The number of rotatable bonds is 7. The molecule has 42 heavy (non-hydrogen) atoms. The van der Waals surface area contributed by atoms with E-state index < -0.39 is 0 Å². The van der Waals surface area contributed by atoms with Crippen LogP contribution >= 0.6 is 0 Å². The molecule has 1 aliphatic rings. The number of aryl methyl sites for hydroxylation is 1. The van der Waals surface area contributed by atoms with Crippen molar-refractivity contribution >= 4 is 6.21 Å². The van der Waals surface area contributed by atoms with Crippen LogP contribution < -0.4 is 10.1 Å². The van der Waals surface area contributed by atoms with E-state index >= 15 is 0 Å². The number of aromatic hydroxyl groups is 2. The van der Waals surface area contributed by atoms with E-state index in [0.29, 0.717) is 23.0 Å². The first-order chi connectivity index (χ1) is 19.8. The molecule has 0 aromatic heterocycles. The first kappa shape index (κ1) is 34.9. The summed E-state index contributed by atoms with van der Waals surface area (Å²) < 4.78 is 5.28. The predicted octanol–water partition coefficient (Wildman–Crippen LogP) is 9.07. The maximum Gasteiger partial charge on any atom is 0.128 e. The molecular weight excluding hydrogens is 520 g/mol. The van der Waals surface area contributed by atoms with E-state index in [1.807, 2.05) is 73.8 Å². The van der Waals surface area contributed by atoms with Gasteiger partial charge >= 0.3 is 0 Å². The first-order valence-corrected chi connectivity index (χ1v) is 15.3. The fraction of sp³-hybridized carbons (Fsp3) is 0.486. The minimum atomic E-state index is -0.0130. The number of para-hydroxylation sites is 3. The summed E-state index contributed by atoms with van der Waals surface area (Å²) in [7, 11) is 1.63. The van der Waals surface area contributed by atoms with E-state index in [0.717, 1.165) is 53.1 Å². The van der Waals surface area contributed by atoms with Crippen LogP contribution in [0.15, 0.2) is 65.7 Å². The monoisotopic (exact) mass is 574 g/mol. The molecular formula is C37H54N2O3. The van der Waals surface area contributed by atoms with Crippen molar-refractivity contribution in [1.29, 1.82) is 0 Å². The van der Waals surface area contributed by atoms with Crippen LogP contribution in [0.25, 0.3) is 11.1 Å². The fourth-order valence-electron chi connectivity index (χ4n) is 4.34. The van der Waals surface area contributed by atoms with Gasteiger partial charge < -0.3 is 20.3 Å². The third kappa shape index (κ3) is 10.5. The molecule has 0 spiro atoms. The van der Waals surface area contributed by atoms with Gasteiger partial charge in [-0.3, -0.25) is 4.99 Å². The summed E-state index contributed by atoms with van der Waals surface area (Å²) in [6, 6.07) is 19.8. The van der Waals surface area contributed by atoms with Gasteiger partial charge in [0.05, 0.1) is 13.7 Å². The highest BCUT2D eigenvalue weighted by Crippen LogP contribution is 2.37. The average molecular weight is 575 g/mol. The number of nitrogens with one attached hydrogen (secondary N) is 1. The molecule has 0 radical (unpaired) electrons. The first-order valence-electron chi connectivity index (χ1n) is 15.3. The molecule has 0 bridgehead atoms. The molecule has 0 amide bonds. The van der Waals surface area contributed by atoms with Crippen molar-refractivity contribution in [2.45, 2.75) is 92.5 Å². The number of hydrogen-bond donors (Lipinski definition) is 3. The quantitative estimate of drug-likeness (QED) is 0.246. The highest BCUT2D eigenvalue weighted by atomic mass is 16.5. The number of hydrogen-bond acceptors (Lipinski definition) is 5. The maximum atomic E-state index is 10.4. The minimum absolute atomic E-state index is 0.0130. The molecule has 1 heterocycles. The predicted molar refractivity (Wildman–Crippen MR) is 179 cm³/mol. The third-order valence-electron chi connectivity index (χ3n) is 8.09. The van der Waals surface area contributed by atoms with Gasteiger partial charge in [0.25, 0.3) is 0 Å². The van der Waals surface area contributed by atoms with Crippen molar-refractivity contribution in [3.05, 3.63) is 77.4 Å². The van der Waals surface area contributed by atoms with Crippen molar-refractivity contribution < 1.29 is 14.9 Å². The molecule has 5 nitrogen and oxygen atoms in total. The lowest BCUT2D eigenvalue weighted by Crippen LogP contribution is -2.24. The smallest absolute Gasteiger partial charge is 0.128 e. The molecule has 1 aliphatic heterocycles. The molecule has 0 saturated carbocycles. The summed E-state index contributed by atoms with van der Waals surface area (Å²) in [6.45, 7) is 19.2. The van der Waals surface area contributed by atoms with E-state index in [2.05, 4.69) is 58.8 Å². The van der Waals surface area contributed by atoms with Crippen molar-refractivity contribution in [2.24, 2.45) is 10.4 Å². The molecule has 0 aliphatic carbocycles. The Hall–Kier alpha value is -3.31. The Morgan fingerprint density at radius 3 is 2.12 bits per heavy atom. The van der Waals surface area contributed by atoms with Gasteiger partial charge in [-0.25, -0.2) is 0 Å². The molecule has 1 unspecified atom stereocenters. The van der Waals surface area contributed by atoms with Crippen LogP contribution in [0, 0.1) is 12.3 Å². The number of nitrogens with zero attached hydrogens (tertiary/aromatic N) is 1. The van der Waals surface area contributed by atoms with Crippen molar-refractivity contribution in [2.75, 3.05) is 20.2 Å². The lowest BCUT2D eigenvalue weighted by atomic mass is 9.81. The summed E-state index contributed by atoms with van der Waals surface area (Å²) in [5, 5.41) is 23.9. The van der Waals surface area contributed by atoms with Crippen LogP contribution in [0.3, 0.4) is 0 Å². The van der Waals surface area contributed by atoms with Gasteiger partial charge in [0.15, 0.2) is 0 Å². The second kappa shape index (κ2) is 16.4. The molecule has 3 aromatic carbocycles. The van der Waals surface area contributed by atoms with E-state index in [9.17, 15) is 10.2 Å². The Morgan fingerprint density at radius 2 is 1.52 bits per heavy atom. The zero-order valence-electron chi connectivity index (χ0n) is 27.4. The van der Waals surface area contributed by atoms with Crippen LogP contribution in [-0.2, 0) is 5.41 Å². The SMILES string of the molecule is CCC(C)(C)C.CCC(C)(C)c1cccc(C=NCC2CCCN2)c1O.COc1ccccc1-c1cccc(C)c1O. The van der Waals surface area contributed by atoms with E-state index in [1.54, 1.807) is 7.11 Å². The number of benzene rings is 3. The van der Waals surface area contributed by atoms with Gasteiger partial charge in [-0.2, -0.15) is 0 Å². The summed E-state index contributed by atoms with van der Waals surface area (Å²) in [6.07, 6.45) is 6.52. The van der Waals surface area contributed by atoms with Gasteiger partial charge in [-0.1, -0.05) is 103 Å². The molecule has 4 rings (SSSR count). The lowest BCUT2D eigenvalue weighted by molar-refractivity contribution is 0.398. The van der Waals surface area contributed by atoms with Crippen LogP contribution in [0.1, 0.15) is 90.8 Å². The normalized spacial score (nSPS) is 15.0. The van der Waals surface area contributed by atoms with Crippen LogP contribution in [-0.4, -0.2) is 42.7 Å². The van der Waals surface area contributed by atoms with Gasteiger partial charge in [0.2, 0.25) is 0 Å². The average Bonchev–Trinajstić information content (AvgIpc) is 3.49. The van der Waals surface area contributed by atoms with Gasteiger partial charge in [-0.15, -0.1) is 0 Å². The molecule has 230 valence electrons. The second-order valence-electron chi connectivity index (χ2n) is 12.9. The van der Waals surface area contributed by atoms with Gasteiger partial charge in [0, 0.05) is 34.5 Å². The summed E-state index contributed by atoms with van der Waals surface area (Å²) in [5.74, 6) is 1.46. The van der Waals surface area contributed by atoms with E-state index in [1.165, 1.54) is 19.3 Å². The summed E-state index contributed by atoms with van der Waals surface area (Å²) >= 11 is 0. The summed E-state index contributed by atoms with van der Waals surface area (Å²) in [4.78, 5) is 4.49. The highest BCUT2D eigenvalue weighted by molar-refractivity contribution is 5.84. The number of aliphatic imine (C=N–C) groups is 1. The Balaban J connectivity index is 0.000000250. The van der Waals surface area contributed by atoms with Crippen LogP contribution in [0.5, 0.6) is 17.2 Å². The number of methoxy groups -OCH3 is 1. The standard InChI is InChI=1S/C17H26N2O.C14H14O2.C6H14/c1-4-17(2,3)15-9-5-7-13(16(15)20)11-18-12-14-8-6-10-19-14;1-10-6-5-8-12(14(10)15)11-7-3-4-9-13(11)16-2;1-5-6(2,3)4/h5,7,9,11,14,19-20H,4,6,8,10,12H2,1-3H3;3-9,15H,1-2H3;5H2,1-4H3. The largest absolute Gasteiger partial charge is 0.507 e. The molecule has 5 heteroatoms. The van der Waals surface area contributed by atoms with E-state index in [4.69, 9.17) is 4.74 Å². The lowest BCUT2D eigenvalue weighted by Gasteiger charge is -2.24. The topological polar surface area (TPSA) is 74.1 Å². The molecule has 1 saturated heterocycles. The van der Waals surface area contributed by atoms with Crippen molar-refractivity contribution in [3.8, 4) is 28.4 Å². The molecule has 3 N–H and O–H groups in total. The number of ether oxygens (including phenoxy) is 1. The zero-order valence-corrected chi connectivity index (χ0v) is 27.4. The molecule has 3 aromatic rings. The van der Waals surface area contributed by atoms with Crippen molar-refractivity contribution in [1.82, 2.24) is 5.32 Å². The molecule has 1 fully saturated rings. The van der Waals surface area contributed by atoms with Gasteiger partial charge in [-0.05, 0) is 61.3 Å².